The average molecular weight is 357 g/mol. The Morgan fingerprint density at radius 2 is 1.85 bits per heavy atom. The normalized spacial score (nSPS) is 12.7. The van der Waals surface area contributed by atoms with Crippen molar-refractivity contribution in [3.63, 3.8) is 0 Å². The van der Waals surface area contributed by atoms with Crippen molar-refractivity contribution in [2.75, 3.05) is 7.05 Å². The molecule has 106 valence electrons. The quantitative estimate of drug-likeness (QED) is 0.705. The third kappa shape index (κ3) is 4.05. The van der Waals surface area contributed by atoms with E-state index in [-0.39, 0.29) is 11.9 Å². The molecule has 0 spiro atoms. The number of hydrogen-bond donors (Lipinski definition) is 0. The van der Waals surface area contributed by atoms with E-state index in [2.05, 4.69) is 27.8 Å². The van der Waals surface area contributed by atoms with Crippen LogP contribution >= 0.6 is 27.5 Å². The fourth-order valence-electron chi connectivity index (χ4n) is 2.12. The third-order valence-corrected chi connectivity index (χ3v) is 4.08. The van der Waals surface area contributed by atoms with Crippen molar-refractivity contribution in [1.82, 2.24) is 4.90 Å². The molecule has 1 atom stereocenters. The second kappa shape index (κ2) is 6.70. The van der Waals surface area contributed by atoms with Gasteiger partial charge in [0.25, 0.3) is 0 Å². The first-order valence-electron chi connectivity index (χ1n) is 6.36. The zero-order chi connectivity index (χ0) is 14.7. The molecule has 2 aromatic rings. The minimum atomic E-state index is -0.220. The first kappa shape index (κ1) is 15.5. The average Bonchev–Trinajstić information content (AvgIpc) is 2.37. The van der Waals surface area contributed by atoms with Crippen molar-refractivity contribution in [3.05, 3.63) is 68.9 Å². The molecule has 0 radical (unpaired) electrons. The lowest BCUT2D eigenvalue weighted by Gasteiger charge is -2.25. The fraction of sp³-hybridized carbons (Fsp3) is 0.250. The van der Waals surface area contributed by atoms with E-state index in [1.807, 2.05) is 37.4 Å². The number of rotatable bonds is 4. The van der Waals surface area contributed by atoms with Crippen LogP contribution in [0.2, 0.25) is 5.02 Å². The van der Waals surface area contributed by atoms with Crippen LogP contribution in [0.5, 0.6) is 0 Å². The Bertz CT molecular complexity index is 565. The Morgan fingerprint density at radius 3 is 2.45 bits per heavy atom. The predicted octanol–water partition coefficient (Wildman–Crippen LogP) is 5.43. The molecule has 0 N–H and O–H groups in total. The molecule has 0 bridgehead atoms. The Hall–Kier alpha value is -0.900. The maximum atomic E-state index is 13.4. The van der Waals surface area contributed by atoms with Crippen molar-refractivity contribution in [2.24, 2.45) is 0 Å². The maximum absolute atomic E-state index is 13.4. The molecule has 0 aliphatic rings. The monoisotopic (exact) mass is 355 g/mol. The highest BCUT2D eigenvalue weighted by Gasteiger charge is 2.12. The van der Waals surface area contributed by atoms with E-state index in [1.54, 1.807) is 6.07 Å². The zero-order valence-corrected chi connectivity index (χ0v) is 13.7. The molecule has 4 heteroatoms. The molecule has 0 heterocycles. The summed E-state index contributed by atoms with van der Waals surface area (Å²) in [7, 11) is 2.03. The lowest BCUT2D eigenvalue weighted by molar-refractivity contribution is 0.253. The summed E-state index contributed by atoms with van der Waals surface area (Å²) in [6.45, 7) is 2.80. The Morgan fingerprint density at radius 1 is 1.20 bits per heavy atom. The van der Waals surface area contributed by atoms with Crippen LogP contribution in [0.25, 0.3) is 0 Å². The van der Waals surface area contributed by atoms with E-state index in [0.29, 0.717) is 6.54 Å². The summed E-state index contributed by atoms with van der Waals surface area (Å²) in [4.78, 5) is 2.17. The van der Waals surface area contributed by atoms with Crippen LogP contribution in [0, 0.1) is 5.82 Å². The van der Waals surface area contributed by atoms with Gasteiger partial charge in [-0.15, -0.1) is 0 Å². The Balaban J connectivity index is 2.10. The van der Waals surface area contributed by atoms with Gasteiger partial charge in [-0.2, -0.15) is 0 Å². The molecule has 0 amide bonds. The highest BCUT2D eigenvalue weighted by molar-refractivity contribution is 9.10. The summed E-state index contributed by atoms with van der Waals surface area (Å²) in [6.07, 6.45) is 0. The van der Waals surface area contributed by atoms with Crippen LogP contribution in [0.4, 0.5) is 4.39 Å². The van der Waals surface area contributed by atoms with E-state index >= 15 is 0 Å². The van der Waals surface area contributed by atoms with Crippen LogP contribution in [0.15, 0.2) is 46.9 Å². The van der Waals surface area contributed by atoms with Gasteiger partial charge in [-0.25, -0.2) is 4.39 Å². The molecule has 2 rings (SSSR count). The highest BCUT2D eigenvalue weighted by Crippen LogP contribution is 2.23. The van der Waals surface area contributed by atoms with E-state index in [4.69, 9.17) is 11.6 Å². The summed E-state index contributed by atoms with van der Waals surface area (Å²) in [6, 6.07) is 13.0. The van der Waals surface area contributed by atoms with Gasteiger partial charge in [0.2, 0.25) is 0 Å². The predicted molar refractivity (Wildman–Crippen MR) is 85.4 cm³/mol. The molecule has 0 aliphatic carbocycles. The zero-order valence-electron chi connectivity index (χ0n) is 11.4. The second-order valence-electron chi connectivity index (χ2n) is 4.92. The molecular weight excluding hydrogens is 341 g/mol. The number of benzene rings is 2. The van der Waals surface area contributed by atoms with Crippen LogP contribution < -0.4 is 0 Å². The van der Waals surface area contributed by atoms with Gasteiger partial charge in [-0.05, 0) is 55.4 Å². The summed E-state index contributed by atoms with van der Waals surface area (Å²) < 4.78 is 14.1. The van der Waals surface area contributed by atoms with Gasteiger partial charge < -0.3 is 0 Å². The summed E-state index contributed by atoms with van der Waals surface area (Å²) in [5.74, 6) is -0.220. The third-order valence-electron chi connectivity index (χ3n) is 3.37. The SMILES string of the molecule is CC(c1ccc(Cl)cc1)N(C)Cc1cc(F)cc(Br)c1. The van der Waals surface area contributed by atoms with Gasteiger partial charge in [0, 0.05) is 22.1 Å². The lowest BCUT2D eigenvalue weighted by Crippen LogP contribution is -2.22. The molecule has 0 fully saturated rings. The van der Waals surface area contributed by atoms with Gasteiger partial charge in [0.05, 0.1) is 0 Å². The molecule has 2 aromatic carbocycles. The summed E-state index contributed by atoms with van der Waals surface area (Å²) in [5.41, 5.74) is 2.13. The largest absolute Gasteiger partial charge is 0.295 e. The Labute approximate surface area is 132 Å². The van der Waals surface area contributed by atoms with Gasteiger partial charge in [-0.3, -0.25) is 4.90 Å². The molecular formula is C16H16BrClFN. The van der Waals surface area contributed by atoms with Crippen molar-refractivity contribution in [3.8, 4) is 0 Å². The standard InChI is InChI=1S/C16H16BrClFN/c1-11(13-3-5-15(18)6-4-13)20(2)10-12-7-14(17)9-16(19)8-12/h3-9,11H,10H2,1-2H3. The first-order chi connectivity index (χ1) is 9.45. The van der Waals surface area contributed by atoms with Gasteiger partial charge in [0.15, 0.2) is 0 Å². The molecule has 1 unspecified atom stereocenters. The maximum Gasteiger partial charge on any atom is 0.124 e. The minimum Gasteiger partial charge on any atom is -0.295 e. The van der Waals surface area contributed by atoms with E-state index < -0.39 is 0 Å². The molecule has 0 saturated heterocycles. The van der Waals surface area contributed by atoms with Crippen LogP contribution in [0.3, 0.4) is 0 Å². The van der Waals surface area contributed by atoms with Gasteiger partial charge in [-0.1, -0.05) is 39.7 Å². The second-order valence-corrected chi connectivity index (χ2v) is 6.27. The number of hydrogen-bond acceptors (Lipinski definition) is 1. The molecule has 20 heavy (non-hydrogen) atoms. The number of nitrogens with zero attached hydrogens (tertiary/aromatic N) is 1. The van der Waals surface area contributed by atoms with Gasteiger partial charge in [0.1, 0.15) is 5.82 Å². The molecule has 0 saturated carbocycles. The van der Waals surface area contributed by atoms with Crippen molar-refractivity contribution in [1.29, 1.82) is 0 Å². The lowest BCUT2D eigenvalue weighted by atomic mass is 10.1. The van der Waals surface area contributed by atoms with Crippen LogP contribution in [0.1, 0.15) is 24.1 Å². The van der Waals surface area contributed by atoms with Crippen LogP contribution in [-0.2, 0) is 6.54 Å². The molecule has 0 aromatic heterocycles. The smallest absolute Gasteiger partial charge is 0.124 e. The summed E-state index contributed by atoms with van der Waals surface area (Å²) >= 11 is 9.22. The van der Waals surface area contributed by atoms with Crippen molar-refractivity contribution >= 4 is 27.5 Å². The van der Waals surface area contributed by atoms with E-state index in [0.717, 1.165) is 15.1 Å². The first-order valence-corrected chi connectivity index (χ1v) is 7.53. The number of halogens is 3. The van der Waals surface area contributed by atoms with Crippen molar-refractivity contribution in [2.45, 2.75) is 19.5 Å². The molecule has 1 nitrogen and oxygen atoms in total. The minimum absolute atomic E-state index is 0.220. The molecule has 0 aliphatic heterocycles. The van der Waals surface area contributed by atoms with Crippen LogP contribution in [-0.4, -0.2) is 11.9 Å². The highest BCUT2D eigenvalue weighted by atomic mass is 79.9. The topological polar surface area (TPSA) is 3.24 Å². The van der Waals surface area contributed by atoms with E-state index in [1.165, 1.54) is 11.6 Å². The van der Waals surface area contributed by atoms with Crippen molar-refractivity contribution < 1.29 is 4.39 Å². The fourth-order valence-corrected chi connectivity index (χ4v) is 2.76. The van der Waals surface area contributed by atoms with Gasteiger partial charge >= 0.3 is 0 Å². The summed E-state index contributed by atoms with van der Waals surface area (Å²) in [5, 5.41) is 0.734. The van der Waals surface area contributed by atoms with E-state index in [9.17, 15) is 4.39 Å². The Kier molecular flexibility index (Phi) is 5.19.